The summed E-state index contributed by atoms with van der Waals surface area (Å²) >= 11 is 0. The van der Waals surface area contributed by atoms with Crippen molar-refractivity contribution in [3.63, 3.8) is 0 Å². The first-order valence-corrected chi connectivity index (χ1v) is 7.79. The zero-order valence-corrected chi connectivity index (χ0v) is 12.3. The maximum atomic E-state index is 5.97. The molecule has 2 aliphatic rings. The molecule has 2 saturated heterocycles. The van der Waals surface area contributed by atoms with Gasteiger partial charge in [-0.1, -0.05) is 0 Å². The molecular weight excluding hydrogens is 250 g/mol. The van der Waals surface area contributed by atoms with Gasteiger partial charge in [0.2, 0.25) is 0 Å². The Kier molecular flexibility index (Phi) is 4.01. The lowest BCUT2D eigenvalue weighted by Gasteiger charge is -2.27. The van der Waals surface area contributed by atoms with Crippen LogP contribution < -0.4 is 15.4 Å². The predicted octanol–water partition coefficient (Wildman–Crippen LogP) is 2.34. The lowest BCUT2D eigenvalue weighted by molar-refractivity contribution is 0.273. The van der Waals surface area contributed by atoms with Gasteiger partial charge in [0.1, 0.15) is 5.75 Å². The summed E-state index contributed by atoms with van der Waals surface area (Å²) in [5, 5.41) is 0. The molecule has 20 heavy (non-hydrogen) atoms. The largest absolute Gasteiger partial charge is 0.492 e. The summed E-state index contributed by atoms with van der Waals surface area (Å²) < 4.78 is 5.62. The second kappa shape index (κ2) is 5.92. The van der Waals surface area contributed by atoms with Crippen LogP contribution in [0.4, 0.5) is 11.4 Å². The second-order valence-electron chi connectivity index (χ2n) is 5.79. The summed E-state index contributed by atoms with van der Waals surface area (Å²) in [4.78, 5) is 5.15. The van der Waals surface area contributed by atoms with Crippen molar-refractivity contribution in [2.24, 2.45) is 0 Å². The Morgan fingerprint density at radius 1 is 1.25 bits per heavy atom. The molecule has 0 bridgehead atoms. The number of hydrogen-bond acceptors (Lipinski definition) is 4. The van der Waals surface area contributed by atoms with Gasteiger partial charge in [0.05, 0.1) is 12.3 Å². The summed E-state index contributed by atoms with van der Waals surface area (Å²) in [6, 6.07) is 6.93. The lowest BCUT2D eigenvalue weighted by atomic mass is 10.2. The maximum absolute atomic E-state index is 5.97. The van der Waals surface area contributed by atoms with E-state index in [1.807, 2.05) is 13.0 Å². The summed E-state index contributed by atoms with van der Waals surface area (Å²) in [5.41, 5.74) is 7.95. The van der Waals surface area contributed by atoms with Crippen LogP contribution >= 0.6 is 0 Å². The number of nitrogens with zero attached hydrogens (tertiary/aromatic N) is 2. The van der Waals surface area contributed by atoms with Crippen LogP contribution in [0.15, 0.2) is 18.2 Å². The van der Waals surface area contributed by atoms with Crippen LogP contribution in [0.1, 0.15) is 26.2 Å². The van der Waals surface area contributed by atoms with Gasteiger partial charge < -0.3 is 15.4 Å². The van der Waals surface area contributed by atoms with Gasteiger partial charge in [0.15, 0.2) is 0 Å². The Hall–Kier alpha value is -1.42. The molecule has 4 heteroatoms. The first-order chi connectivity index (χ1) is 9.78. The number of rotatable bonds is 3. The molecule has 2 N–H and O–H groups in total. The van der Waals surface area contributed by atoms with Crippen LogP contribution in [0, 0.1) is 0 Å². The van der Waals surface area contributed by atoms with Gasteiger partial charge in [0.25, 0.3) is 0 Å². The van der Waals surface area contributed by atoms with Crippen LogP contribution in [-0.2, 0) is 0 Å². The Morgan fingerprint density at radius 3 is 2.95 bits per heavy atom. The number of nitrogens with two attached hydrogens (primary N) is 1. The van der Waals surface area contributed by atoms with Crippen LogP contribution in [0.25, 0.3) is 0 Å². The predicted molar refractivity (Wildman–Crippen MR) is 83.4 cm³/mol. The van der Waals surface area contributed by atoms with Gasteiger partial charge in [-0.05, 0) is 44.9 Å². The molecule has 0 spiro atoms. The Bertz CT molecular complexity index is 463. The Balaban J connectivity index is 1.79. The van der Waals surface area contributed by atoms with Gasteiger partial charge in [-0.25, -0.2) is 0 Å². The number of hydrogen-bond donors (Lipinski definition) is 1. The van der Waals surface area contributed by atoms with E-state index in [1.165, 1.54) is 38.0 Å². The van der Waals surface area contributed by atoms with E-state index >= 15 is 0 Å². The molecule has 1 atom stereocenters. The Labute approximate surface area is 121 Å². The maximum Gasteiger partial charge on any atom is 0.144 e. The topological polar surface area (TPSA) is 41.7 Å². The third-order valence-electron chi connectivity index (χ3n) is 4.47. The molecule has 2 aliphatic heterocycles. The molecule has 1 unspecified atom stereocenters. The summed E-state index contributed by atoms with van der Waals surface area (Å²) in [6.07, 6.45) is 3.93. The highest BCUT2D eigenvalue weighted by molar-refractivity contribution is 5.62. The minimum atomic E-state index is 0.657. The molecule has 110 valence electrons. The highest BCUT2D eigenvalue weighted by Crippen LogP contribution is 2.30. The molecule has 2 fully saturated rings. The van der Waals surface area contributed by atoms with Crippen molar-refractivity contribution >= 4 is 11.4 Å². The summed E-state index contributed by atoms with van der Waals surface area (Å²) in [6.45, 7) is 7.44. The van der Waals surface area contributed by atoms with E-state index < -0.39 is 0 Å². The van der Waals surface area contributed by atoms with Gasteiger partial charge in [0, 0.05) is 37.4 Å². The monoisotopic (exact) mass is 275 g/mol. The fraction of sp³-hybridized carbons (Fsp3) is 0.625. The highest BCUT2D eigenvalue weighted by atomic mass is 16.5. The number of ether oxygens (including phenoxy) is 1. The van der Waals surface area contributed by atoms with E-state index in [4.69, 9.17) is 10.5 Å². The lowest BCUT2D eigenvalue weighted by Crippen LogP contribution is -2.36. The molecule has 0 aliphatic carbocycles. The summed E-state index contributed by atoms with van der Waals surface area (Å²) in [7, 11) is 0. The number of anilines is 2. The molecule has 0 aromatic heterocycles. The quantitative estimate of drug-likeness (QED) is 0.860. The van der Waals surface area contributed by atoms with Crippen LogP contribution in [0.2, 0.25) is 0 Å². The molecule has 4 nitrogen and oxygen atoms in total. The minimum Gasteiger partial charge on any atom is -0.492 e. The van der Waals surface area contributed by atoms with Crippen molar-refractivity contribution in [2.75, 3.05) is 43.4 Å². The average molecular weight is 275 g/mol. The first kappa shape index (κ1) is 13.6. The fourth-order valence-electron chi connectivity index (χ4n) is 3.44. The minimum absolute atomic E-state index is 0.657. The average Bonchev–Trinajstić information content (AvgIpc) is 2.79. The number of nitrogen functional groups attached to an aromatic ring is 1. The molecule has 1 aromatic carbocycles. The normalized spacial score (nSPS) is 23.4. The number of fused-ring (bicyclic) bond motifs is 1. The van der Waals surface area contributed by atoms with Gasteiger partial charge >= 0.3 is 0 Å². The van der Waals surface area contributed by atoms with Crippen molar-refractivity contribution < 1.29 is 4.74 Å². The van der Waals surface area contributed by atoms with E-state index in [1.54, 1.807) is 0 Å². The Morgan fingerprint density at radius 2 is 2.10 bits per heavy atom. The molecule has 1 aromatic rings. The van der Waals surface area contributed by atoms with E-state index in [0.717, 1.165) is 30.6 Å². The van der Waals surface area contributed by atoms with Crippen LogP contribution in [0.3, 0.4) is 0 Å². The van der Waals surface area contributed by atoms with Crippen LogP contribution in [-0.4, -0.2) is 43.7 Å². The zero-order chi connectivity index (χ0) is 13.9. The highest BCUT2D eigenvalue weighted by Gasteiger charge is 2.28. The van der Waals surface area contributed by atoms with Gasteiger partial charge in [-0.3, -0.25) is 4.90 Å². The smallest absolute Gasteiger partial charge is 0.144 e. The molecular formula is C16H25N3O. The first-order valence-electron chi connectivity index (χ1n) is 7.79. The fourth-order valence-corrected chi connectivity index (χ4v) is 3.44. The van der Waals surface area contributed by atoms with Crippen molar-refractivity contribution in [2.45, 2.75) is 32.2 Å². The zero-order valence-electron chi connectivity index (χ0n) is 12.3. The summed E-state index contributed by atoms with van der Waals surface area (Å²) in [5.74, 6) is 0.817. The molecule has 0 radical (unpaired) electrons. The standard InChI is InChI=1S/C16H25N3O/c1-2-20-16-11-13(6-7-15(16)17)19-10-4-9-18-8-3-5-14(18)12-19/h6-7,11,14H,2-5,8-10,12,17H2,1H3. The number of benzene rings is 1. The van der Waals surface area contributed by atoms with E-state index in [2.05, 4.69) is 21.9 Å². The van der Waals surface area contributed by atoms with E-state index in [9.17, 15) is 0 Å². The third kappa shape index (κ3) is 2.70. The van der Waals surface area contributed by atoms with Gasteiger partial charge in [-0.2, -0.15) is 0 Å². The molecule has 0 amide bonds. The van der Waals surface area contributed by atoms with Crippen molar-refractivity contribution in [1.29, 1.82) is 0 Å². The SMILES string of the molecule is CCOc1cc(N2CCCN3CCCC3C2)ccc1N. The third-order valence-corrected chi connectivity index (χ3v) is 4.47. The second-order valence-corrected chi connectivity index (χ2v) is 5.79. The van der Waals surface area contributed by atoms with Crippen LogP contribution in [0.5, 0.6) is 5.75 Å². The van der Waals surface area contributed by atoms with E-state index in [-0.39, 0.29) is 0 Å². The molecule has 0 saturated carbocycles. The van der Waals surface area contributed by atoms with E-state index in [0.29, 0.717) is 6.61 Å². The van der Waals surface area contributed by atoms with Crippen molar-refractivity contribution in [1.82, 2.24) is 4.90 Å². The molecule has 2 heterocycles. The molecule has 3 rings (SSSR count). The van der Waals surface area contributed by atoms with Gasteiger partial charge in [-0.15, -0.1) is 0 Å². The van der Waals surface area contributed by atoms with Crippen molar-refractivity contribution in [3.05, 3.63) is 18.2 Å². The van der Waals surface area contributed by atoms with Crippen molar-refractivity contribution in [3.8, 4) is 5.75 Å².